The van der Waals surface area contributed by atoms with Crippen LogP contribution in [-0.2, 0) is 6.42 Å². The van der Waals surface area contributed by atoms with Gasteiger partial charge in [0.15, 0.2) is 0 Å². The van der Waals surface area contributed by atoms with Crippen LogP contribution in [0.15, 0.2) is 48.8 Å². The molecule has 0 atom stereocenters. The van der Waals surface area contributed by atoms with E-state index in [4.69, 9.17) is 0 Å². The van der Waals surface area contributed by atoms with E-state index in [1.54, 1.807) is 11.3 Å². The molecule has 0 aliphatic heterocycles. The van der Waals surface area contributed by atoms with Gasteiger partial charge < -0.3 is 14.9 Å². The molecule has 5 nitrogen and oxygen atoms in total. The summed E-state index contributed by atoms with van der Waals surface area (Å²) in [7, 11) is 0. The Hall–Kier alpha value is -2.86. The van der Waals surface area contributed by atoms with Crippen molar-refractivity contribution in [2.24, 2.45) is 0 Å². The monoisotopic (exact) mass is 378 g/mol. The summed E-state index contributed by atoms with van der Waals surface area (Å²) in [5.41, 5.74) is 3.87. The first-order valence-corrected chi connectivity index (χ1v) is 9.90. The summed E-state index contributed by atoms with van der Waals surface area (Å²) in [5, 5.41) is 4.05. The molecule has 0 fully saturated rings. The van der Waals surface area contributed by atoms with Gasteiger partial charge in [0, 0.05) is 30.2 Å². The van der Waals surface area contributed by atoms with Gasteiger partial charge in [-0.3, -0.25) is 4.79 Å². The molecule has 4 rings (SSSR count). The summed E-state index contributed by atoms with van der Waals surface area (Å²) in [4.78, 5) is 21.9. The van der Waals surface area contributed by atoms with Crippen molar-refractivity contribution in [1.82, 2.24) is 19.9 Å². The van der Waals surface area contributed by atoms with Crippen LogP contribution in [0.3, 0.4) is 0 Å². The molecule has 0 spiro atoms. The Morgan fingerprint density at radius 1 is 1.19 bits per heavy atom. The Morgan fingerprint density at radius 3 is 2.74 bits per heavy atom. The number of aryl methyl sites for hydroxylation is 2. The minimum atomic E-state index is -0.00911. The second kappa shape index (κ2) is 7.40. The van der Waals surface area contributed by atoms with Crippen molar-refractivity contribution in [2.75, 3.05) is 6.54 Å². The zero-order valence-electron chi connectivity index (χ0n) is 15.5. The van der Waals surface area contributed by atoms with Gasteiger partial charge in [-0.1, -0.05) is 12.1 Å². The predicted molar refractivity (Wildman–Crippen MR) is 110 cm³/mol. The van der Waals surface area contributed by atoms with Gasteiger partial charge in [-0.25, -0.2) is 4.98 Å². The molecule has 2 N–H and O–H groups in total. The Kier molecular flexibility index (Phi) is 4.81. The third-order valence-corrected chi connectivity index (χ3v) is 5.97. The molecule has 0 bridgehead atoms. The van der Waals surface area contributed by atoms with Crippen LogP contribution >= 0.6 is 11.3 Å². The van der Waals surface area contributed by atoms with Gasteiger partial charge in [0.05, 0.1) is 16.6 Å². The van der Waals surface area contributed by atoms with Gasteiger partial charge in [-0.15, -0.1) is 11.3 Å². The number of imidazole rings is 1. The Bertz CT molecular complexity index is 1040. The summed E-state index contributed by atoms with van der Waals surface area (Å²) in [6, 6.07) is 12.0. The van der Waals surface area contributed by atoms with Crippen LogP contribution in [-0.4, -0.2) is 27.0 Å². The van der Waals surface area contributed by atoms with Crippen molar-refractivity contribution < 1.29 is 4.79 Å². The van der Waals surface area contributed by atoms with Crippen LogP contribution < -0.4 is 5.32 Å². The number of benzene rings is 1. The number of hydrogen-bond donors (Lipinski definition) is 2. The van der Waals surface area contributed by atoms with E-state index in [-0.39, 0.29) is 5.91 Å². The zero-order valence-corrected chi connectivity index (χ0v) is 16.3. The molecule has 4 aromatic rings. The van der Waals surface area contributed by atoms with Crippen molar-refractivity contribution in [1.29, 1.82) is 0 Å². The van der Waals surface area contributed by atoms with Crippen molar-refractivity contribution >= 4 is 28.3 Å². The summed E-state index contributed by atoms with van der Waals surface area (Å²) in [6.07, 6.45) is 5.60. The summed E-state index contributed by atoms with van der Waals surface area (Å²) >= 11 is 1.65. The average Bonchev–Trinajstić information content (AvgIpc) is 3.38. The van der Waals surface area contributed by atoms with E-state index >= 15 is 0 Å². The van der Waals surface area contributed by atoms with Crippen molar-refractivity contribution in [3.8, 4) is 5.00 Å². The highest BCUT2D eigenvalue weighted by molar-refractivity contribution is 7.15. The van der Waals surface area contributed by atoms with Crippen LogP contribution in [0.4, 0.5) is 0 Å². The molecule has 6 heteroatoms. The Balaban J connectivity index is 1.40. The summed E-state index contributed by atoms with van der Waals surface area (Å²) < 4.78 is 2.01. The normalized spacial score (nSPS) is 11.2. The molecular formula is C21H22N4OS. The third-order valence-electron chi connectivity index (χ3n) is 4.75. The number of nitrogens with one attached hydrogen (secondary N) is 2. The molecule has 1 amide bonds. The van der Waals surface area contributed by atoms with Gasteiger partial charge in [0.1, 0.15) is 10.8 Å². The van der Waals surface area contributed by atoms with Gasteiger partial charge >= 0.3 is 0 Å². The number of rotatable bonds is 6. The standard InChI is InChI=1S/C21H22N4OS/c1-14-15(2)27-21(25-12-5-6-13-25)19(14)20(26)22-11-7-10-18-23-16-8-3-4-9-17(16)24-18/h3-6,8-9,12-13H,7,10-11H2,1-2H3,(H,22,26)(H,23,24). The highest BCUT2D eigenvalue weighted by atomic mass is 32.1. The van der Waals surface area contributed by atoms with Crippen molar-refractivity contribution in [3.63, 3.8) is 0 Å². The van der Waals surface area contributed by atoms with Gasteiger partial charge in [-0.05, 0) is 50.1 Å². The van der Waals surface area contributed by atoms with E-state index in [2.05, 4.69) is 22.2 Å². The van der Waals surface area contributed by atoms with Gasteiger partial charge in [-0.2, -0.15) is 0 Å². The number of aromatic amines is 1. The maximum absolute atomic E-state index is 12.8. The van der Waals surface area contributed by atoms with E-state index in [1.807, 2.05) is 60.3 Å². The fraction of sp³-hybridized carbons (Fsp3) is 0.238. The topological polar surface area (TPSA) is 62.7 Å². The molecule has 1 aromatic carbocycles. The highest BCUT2D eigenvalue weighted by Crippen LogP contribution is 2.30. The molecule has 27 heavy (non-hydrogen) atoms. The lowest BCUT2D eigenvalue weighted by Crippen LogP contribution is -2.26. The number of thiophene rings is 1. The summed E-state index contributed by atoms with van der Waals surface area (Å²) in [5.74, 6) is 0.950. The SMILES string of the molecule is Cc1sc(-n2cccc2)c(C(=O)NCCCc2nc3ccccc3[nH]2)c1C. The fourth-order valence-corrected chi connectivity index (χ4v) is 4.32. The lowest BCUT2D eigenvalue weighted by atomic mass is 10.1. The number of amides is 1. The third kappa shape index (κ3) is 3.53. The smallest absolute Gasteiger partial charge is 0.254 e. The largest absolute Gasteiger partial charge is 0.352 e. The lowest BCUT2D eigenvalue weighted by Gasteiger charge is -2.08. The average molecular weight is 379 g/mol. The highest BCUT2D eigenvalue weighted by Gasteiger charge is 2.20. The second-order valence-electron chi connectivity index (χ2n) is 6.61. The van der Waals surface area contributed by atoms with E-state index in [0.717, 1.165) is 45.8 Å². The number of aromatic nitrogens is 3. The molecule has 0 unspecified atom stereocenters. The first-order valence-electron chi connectivity index (χ1n) is 9.08. The van der Waals surface area contributed by atoms with Gasteiger partial charge in [0.2, 0.25) is 0 Å². The number of fused-ring (bicyclic) bond motifs is 1. The lowest BCUT2D eigenvalue weighted by molar-refractivity contribution is 0.0953. The fourth-order valence-electron chi connectivity index (χ4n) is 3.20. The molecular weight excluding hydrogens is 356 g/mol. The molecule has 0 saturated heterocycles. The van der Waals surface area contributed by atoms with Crippen molar-refractivity contribution in [2.45, 2.75) is 26.7 Å². The molecule has 0 aliphatic rings. The van der Waals surface area contributed by atoms with E-state index in [0.29, 0.717) is 6.54 Å². The quantitative estimate of drug-likeness (QED) is 0.489. The van der Waals surface area contributed by atoms with E-state index < -0.39 is 0 Å². The maximum Gasteiger partial charge on any atom is 0.254 e. The number of H-pyrrole nitrogens is 1. The van der Waals surface area contributed by atoms with Crippen LogP contribution in [0.2, 0.25) is 0 Å². The van der Waals surface area contributed by atoms with E-state index in [1.165, 1.54) is 4.88 Å². The predicted octanol–water partition coefficient (Wildman–Crippen LogP) is 4.39. The molecule has 3 heterocycles. The number of hydrogen-bond acceptors (Lipinski definition) is 3. The number of nitrogens with zero attached hydrogens (tertiary/aromatic N) is 2. The molecule has 138 valence electrons. The minimum Gasteiger partial charge on any atom is -0.352 e. The number of carbonyl (C=O) groups excluding carboxylic acids is 1. The maximum atomic E-state index is 12.8. The first-order chi connectivity index (χ1) is 13.1. The zero-order chi connectivity index (χ0) is 18.8. The van der Waals surface area contributed by atoms with Crippen LogP contribution in [0.25, 0.3) is 16.0 Å². The summed E-state index contributed by atoms with van der Waals surface area (Å²) in [6.45, 7) is 4.70. The molecule has 0 radical (unpaired) electrons. The molecule has 0 saturated carbocycles. The second-order valence-corrected chi connectivity index (χ2v) is 7.82. The molecule has 0 aliphatic carbocycles. The van der Waals surface area contributed by atoms with Gasteiger partial charge in [0.25, 0.3) is 5.91 Å². The minimum absolute atomic E-state index is 0.00911. The number of para-hydroxylation sites is 2. The number of carbonyl (C=O) groups is 1. The van der Waals surface area contributed by atoms with E-state index in [9.17, 15) is 4.79 Å². The first kappa shape index (κ1) is 17.5. The van der Waals surface area contributed by atoms with Crippen LogP contribution in [0.5, 0.6) is 0 Å². The van der Waals surface area contributed by atoms with Crippen LogP contribution in [0.1, 0.15) is 33.0 Å². The Morgan fingerprint density at radius 2 is 1.96 bits per heavy atom. The van der Waals surface area contributed by atoms with Crippen molar-refractivity contribution in [3.05, 3.63) is 70.6 Å². The molecule has 3 aromatic heterocycles. The Labute approximate surface area is 162 Å². The van der Waals surface area contributed by atoms with Crippen LogP contribution in [0, 0.1) is 13.8 Å².